The zero-order chi connectivity index (χ0) is 17.7. The third-order valence-electron chi connectivity index (χ3n) is 3.70. The van der Waals surface area contributed by atoms with E-state index in [-0.39, 0.29) is 40.3 Å². The Morgan fingerprint density at radius 3 is 2.58 bits per heavy atom. The summed E-state index contributed by atoms with van der Waals surface area (Å²) in [4.78, 5) is 11.7. The number of carbonyl (C=O) groups is 1. The fourth-order valence-corrected chi connectivity index (χ4v) is 4.23. The third-order valence-corrected chi connectivity index (χ3v) is 5.51. The Bertz CT molecular complexity index is 685. The van der Waals surface area contributed by atoms with Gasteiger partial charge in [0.25, 0.3) is 5.91 Å². The highest BCUT2D eigenvalue weighted by Crippen LogP contribution is 2.28. The van der Waals surface area contributed by atoms with Crippen molar-refractivity contribution in [3.63, 3.8) is 0 Å². The zero-order valence-electron chi connectivity index (χ0n) is 13.8. The molecule has 134 valence electrons. The molecule has 1 aliphatic rings. The minimum atomic E-state index is -3.60. The summed E-state index contributed by atoms with van der Waals surface area (Å²) in [6, 6.07) is 4.25. The first kappa shape index (κ1) is 19.0. The molecule has 0 saturated heterocycles. The van der Waals surface area contributed by atoms with Gasteiger partial charge in [-0.15, -0.1) is 0 Å². The van der Waals surface area contributed by atoms with Gasteiger partial charge in [0.1, 0.15) is 5.75 Å². The molecule has 0 bridgehead atoms. The molecule has 1 aliphatic carbocycles. The first-order valence-electron chi connectivity index (χ1n) is 8.02. The molecule has 1 saturated carbocycles. The number of benzene rings is 1. The van der Waals surface area contributed by atoms with Gasteiger partial charge in [-0.05, 0) is 44.9 Å². The van der Waals surface area contributed by atoms with Gasteiger partial charge >= 0.3 is 0 Å². The Hall–Kier alpha value is -1.31. The quantitative estimate of drug-likeness (QED) is 0.767. The fourth-order valence-electron chi connectivity index (χ4n) is 2.60. The van der Waals surface area contributed by atoms with Crippen molar-refractivity contribution in [1.29, 1.82) is 0 Å². The van der Waals surface area contributed by atoms with Gasteiger partial charge in [0.2, 0.25) is 10.0 Å². The fraction of sp³-hybridized carbons (Fsp3) is 0.562. The lowest BCUT2D eigenvalue weighted by Crippen LogP contribution is -2.34. The number of amides is 1. The van der Waals surface area contributed by atoms with Crippen LogP contribution in [0.5, 0.6) is 5.75 Å². The highest BCUT2D eigenvalue weighted by atomic mass is 35.5. The summed E-state index contributed by atoms with van der Waals surface area (Å²) in [5.74, 6) is 0.0102. The Balaban J connectivity index is 2.01. The van der Waals surface area contributed by atoms with Crippen molar-refractivity contribution in [1.82, 2.24) is 10.0 Å². The number of halogens is 1. The minimum Gasteiger partial charge on any atom is -0.482 e. The van der Waals surface area contributed by atoms with Crippen molar-refractivity contribution >= 4 is 27.5 Å². The number of rotatable bonds is 7. The second-order valence-corrected chi connectivity index (χ2v) is 8.33. The van der Waals surface area contributed by atoms with Crippen molar-refractivity contribution < 1.29 is 17.9 Å². The summed E-state index contributed by atoms with van der Waals surface area (Å²) in [7, 11) is -3.60. The molecule has 1 fully saturated rings. The summed E-state index contributed by atoms with van der Waals surface area (Å²) in [5.41, 5.74) is 0. The maximum atomic E-state index is 12.4. The van der Waals surface area contributed by atoms with Crippen LogP contribution in [0.25, 0.3) is 0 Å². The van der Waals surface area contributed by atoms with E-state index in [2.05, 4.69) is 10.0 Å². The zero-order valence-corrected chi connectivity index (χ0v) is 15.4. The molecular weight excluding hydrogens is 352 g/mol. The molecule has 0 atom stereocenters. The van der Waals surface area contributed by atoms with Crippen LogP contribution in [0.3, 0.4) is 0 Å². The van der Waals surface area contributed by atoms with Gasteiger partial charge < -0.3 is 10.1 Å². The normalized spacial score (nSPS) is 15.7. The summed E-state index contributed by atoms with van der Waals surface area (Å²) in [6.45, 7) is 3.52. The third kappa shape index (κ3) is 5.36. The molecule has 0 aliphatic heterocycles. The van der Waals surface area contributed by atoms with Crippen molar-refractivity contribution in [2.24, 2.45) is 0 Å². The first-order valence-corrected chi connectivity index (χ1v) is 9.88. The number of nitrogens with one attached hydrogen (secondary N) is 2. The van der Waals surface area contributed by atoms with Gasteiger partial charge in [-0.2, -0.15) is 0 Å². The monoisotopic (exact) mass is 374 g/mol. The molecule has 6 nitrogen and oxygen atoms in total. The van der Waals surface area contributed by atoms with E-state index >= 15 is 0 Å². The Labute approximate surface area is 148 Å². The number of ether oxygens (including phenoxy) is 1. The Morgan fingerprint density at radius 2 is 2.00 bits per heavy atom. The van der Waals surface area contributed by atoms with Crippen LogP contribution in [0.2, 0.25) is 5.02 Å². The predicted molar refractivity (Wildman–Crippen MR) is 92.8 cm³/mol. The van der Waals surface area contributed by atoms with Gasteiger partial charge in [-0.3, -0.25) is 4.79 Å². The Kier molecular flexibility index (Phi) is 6.48. The molecule has 1 aromatic rings. The molecule has 0 aromatic heterocycles. The van der Waals surface area contributed by atoms with Crippen molar-refractivity contribution in [2.45, 2.75) is 56.5 Å². The van der Waals surface area contributed by atoms with Crippen LogP contribution in [0.15, 0.2) is 23.1 Å². The van der Waals surface area contributed by atoms with Crippen molar-refractivity contribution in [3.05, 3.63) is 23.2 Å². The van der Waals surface area contributed by atoms with Gasteiger partial charge in [0.15, 0.2) is 6.61 Å². The maximum Gasteiger partial charge on any atom is 0.258 e. The molecule has 0 spiro atoms. The molecule has 0 radical (unpaired) electrons. The van der Waals surface area contributed by atoms with E-state index in [4.69, 9.17) is 16.3 Å². The molecule has 24 heavy (non-hydrogen) atoms. The van der Waals surface area contributed by atoms with E-state index in [1.807, 2.05) is 13.8 Å². The summed E-state index contributed by atoms with van der Waals surface area (Å²) >= 11 is 6.09. The van der Waals surface area contributed by atoms with Gasteiger partial charge in [0, 0.05) is 12.1 Å². The van der Waals surface area contributed by atoms with Crippen molar-refractivity contribution in [2.75, 3.05) is 6.61 Å². The topological polar surface area (TPSA) is 84.5 Å². The van der Waals surface area contributed by atoms with E-state index in [1.165, 1.54) is 18.2 Å². The smallest absolute Gasteiger partial charge is 0.258 e. The highest BCUT2D eigenvalue weighted by Gasteiger charge is 2.23. The predicted octanol–water partition coefficient (Wildman–Crippen LogP) is 2.46. The van der Waals surface area contributed by atoms with E-state index in [9.17, 15) is 13.2 Å². The molecule has 0 unspecified atom stereocenters. The second kappa shape index (κ2) is 8.18. The van der Waals surface area contributed by atoms with Crippen LogP contribution in [0, 0.1) is 0 Å². The summed E-state index contributed by atoms with van der Waals surface area (Å²) in [5, 5.41) is 2.85. The number of carbonyl (C=O) groups excluding carboxylic acids is 1. The molecule has 0 heterocycles. The SMILES string of the molecule is CC(C)NC(=O)COc1ccc(S(=O)(=O)NC2CCCC2)cc1Cl. The highest BCUT2D eigenvalue weighted by molar-refractivity contribution is 7.89. The lowest BCUT2D eigenvalue weighted by molar-refractivity contribution is -0.123. The van der Waals surface area contributed by atoms with Crippen molar-refractivity contribution in [3.8, 4) is 5.75 Å². The molecule has 2 N–H and O–H groups in total. The molecule has 1 aromatic carbocycles. The average Bonchev–Trinajstić information content (AvgIpc) is 2.97. The van der Waals surface area contributed by atoms with Crippen LogP contribution < -0.4 is 14.8 Å². The lowest BCUT2D eigenvalue weighted by Gasteiger charge is -2.14. The second-order valence-electron chi connectivity index (χ2n) is 6.21. The molecular formula is C16H23ClN2O4S. The first-order chi connectivity index (χ1) is 11.3. The van der Waals surface area contributed by atoms with E-state index in [0.717, 1.165) is 25.7 Å². The van der Waals surface area contributed by atoms with Crippen LogP contribution in [-0.2, 0) is 14.8 Å². The van der Waals surface area contributed by atoms with E-state index in [0.29, 0.717) is 0 Å². The molecule has 8 heteroatoms. The molecule has 1 amide bonds. The standard InChI is InChI=1S/C16H23ClN2O4S/c1-11(2)18-16(20)10-23-15-8-7-13(9-14(15)17)24(21,22)19-12-5-3-4-6-12/h7-9,11-12,19H,3-6,10H2,1-2H3,(H,18,20). The van der Waals surface area contributed by atoms with Crippen LogP contribution in [0.1, 0.15) is 39.5 Å². The van der Waals surface area contributed by atoms with Gasteiger partial charge in [0.05, 0.1) is 9.92 Å². The number of hydrogen-bond donors (Lipinski definition) is 2. The van der Waals surface area contributed by atoms with Crippen LogP contribution >= 0.6 is 11.6 Å². The van der Waals surface area contributed by atoms with E-state index in [1.54, 1.807) is 0 Å². The van der Waals surface area contributed by atoms with Crippen LogP contribution in [0.4, 0.5) is 0 Å². The lowest BCUT2D eigenvalue weighted by atomic mass is 10.3. The van der Waals surface area contributed by atoms with Gasteiger partial charge in [-0.1, -0.05) is 24.4 Å². The van der Waals surface area contributed by atoms with Gasteiger partial charge in [-0.25, -0.2) is 13.1 Å². The maximum absolute atomic E-state index is 12.4. The largest absolute Gasteiger partial charge is 0.482 e. The number of hydrogen-bond acceptors (Lipinski definition) is 4. The summed E-state index contributed by atoms with van der Waals surface area (Å²) < 4.78 is 32.8. The van der Waals surface area contributed by atoms with Crippen LogP contribution in [-0.4, -0.2) is 33.0 Å². The Morgan fingerprint density at radius 1 is 1.33 bits per heavy atom. The molecule has 2 rings (SSSR count). The minimum absolute atomic E-state index is 0.00979. The summed E-state index contributed by atoms with van der Waals surface area (Å²) in [6.07, 6.45) is 3.80. The number of sulfonamides is 1. The van der Waals surface area contributed by atoms with E-state index < -0.39 is 10.0 Å². The average molecular weight is 375 g/mol.